The van der Waals surface area contributed by atoms with Crippen LogP contribution in [0.2, 0.25) is 0 Å². The van der Waals surface area contributed by atoms with E-state index < -0.39 is 0 Å². The maximum Gasteiger partial charge on any atom is 0.156 e. The van der Waals surface area contributed by atoms with E-state index in [-0.39, 0.29) is 12.0 Å². The lowest BCUT2D eigenvalue weighted by Crippen LogP contribution is -2.43. The molecule has 0 amide bonds. The van der Waals surface area contributed by atoms with Gasteiger partial charge in [-0.3, -0.25) is 0 Å². The molecule has 1 aliphatic heterocycles. The highest BCUT2D eigenvalue weighted by Crippen LogP contribution is 2.26. The van der Waals surface area contributed by atoms with Crippen molar-refractivity contribution in [1.29, 1.82) is 0 Å². The summed E-state index contributed by atoms with van der Waals surface area (Å²) in [5, 5.41) is 18.3. The van der Waals surface area contributed by atoms with Crippen molar-refractivity contribution < 1.29 is 5.11 Å². The predicted octanol–water partition coefficient (Wildman–Crippen LogP) is 0.759. The molecular weight excluding hydrogens is 228 g/mol. The average Bonchev–Trinajstić information content (AvgIpc) is 2.36. The summed E-state index contributed by atoms with van der Waals surface area (Å²) in [6.45, 7) is 8.16. The van der Waals surface area contributed by atoms with Crippen molar-refractivity contribution in [2.24, 2.45) is 11.7 Å². The monoisotopic (exact) mass is 250 g/mol. The molecule has 18 heavy (non-hydrogen) atoms. The minimum atomic E-state index is -0.206. The van der Waals surface area contributed by atoms with Crippen LogP contribution in [0.4, 0.5) is 5.82 Å². The number of hydrogen-bond acceptors (Lipinski definition) is 5. The molecule has 1 aliphatic rings. The lowest BCUT2D eigenvalue weighted by Gasteiger charge is -2.36. The Balaban J connectivity index is 2.31. The largest absolute Gasteiger partial charge is 0.393 e. The second-order valence-electron chi connectivity index (χ2n) is 5.20. The minimum absolute atomic E-state index is 0.206. The standard InChI is InChI=1S/C13H22N4O/c1-8-7-17(5-4-12(8)18)13-11(6-14)9(2)10(3)15-16-13/h8,12,18H,4-7,14H2,1-3H3. The molecule has 0 spiro atoms. The molecule has 0 aliphatic carbocycles. The third-order valence-electron chi connectivity index (χ3n) is 3.92. The number of aliphatic hydroxyl groups excluding tert-OH is 1. The van der Waals surface area contributed by atoms with Gasteiger partial charge in [-0.1, -0.05) is 6.92 Å². The van der Waals surface area contributed by atoms with E-state index in [1.54, 1.807) is 0 Å². The fraction of sp³-hybridized carbons (Fsp3) is 0.692. The summed E-state index contributed by atoms with van der Waals surface area (Å²) in [7, 11) is 0. The SMILES string of the molecule is Cc1nnc(N2CCC(O)C(C)C2)c(CN)c1C. The summed E-state index contributed by atoms with van der Waals surface area (Å²) >= 11 is 0. The molecule has 1 aromatic heterocycles. The van der Waals surface area contributed by atoms with E-state index in [4.69, 9.17) is 5.73 Å². The van der Waals surface area contributed by atoms with Crippen LogP contribution in [0.3, 0.4) is 0 Å². The van der Waals surface area contributed by atoms with Gasteiger partial charge >= 0.3 is 0 Å². The zero-order chi connectivity index (χ0) is 13.3. The molecule has 100 valence electrons. The quantitative estimate of drug-likeness (QED) is 0.810. The van der Waals surface area contributed by atoms with Crippen LogP contribution in [-0.2, 0) is 6.54 Å². The first-order valence-corrected chi connectivity index (χ1v) is 6.50. The number of hydrogen-bond donors (Lipinski definition) is 2. The summed E-state index contributed by atoms with van der Waals surface area (Å²) in [5.41, 5.74) is 8.98. The molecule has 2 rings (SSSR count). The number of rotatable bonds is 2. The van der Waals surface area contributed by atoms with Gasteiger partial charge in [-0.15, -0.1) is 5.10 Å². The maximum absolute atomic E-state index is 9.78. The Morgan fingerprint density at radius 1 is 1.39 bits per heavy atom. The van der Waals surface area contributed by atoms with E-state index >= 15 is 0 Å². The molecule has 0 bridgehead atoms. The average molecular weight is 250 g/mol. The Morgan fingerprint density at radius 2 is 2.11 bits per heavy atom. The number of aliphatic hydroxyl groups is 1. The second kappa shape index (κ2) is 5.20. The van der Waals surface area contributed by atoms with Gasteiger partial charge in [0, 0.05) is 25.2 Å². The fourth-order valence-electron chi connectivity index (χ4n) is 2.47. The summed E-state index contributed by atoms with van der Waals surface area (Å²) in [6.07, 6.45) is 0.571. The lowest BCUT2D eigenvalue weighted by atomic mass is 9.96. The smallest absolute Gasteiger partial charge is 0.156 e. The van der Waals surface area contributed by atoms with E-state index in [0.717, 1.165) is 42.1 Å². The van der Waals surface area contributed by atoms with Crippen molar-refractivity contribution in [2.45, 2.75) is 39.8 Å². The Labute approximate surface area is 108 Å². The van der Waals surface area contributed by atoms with Crippen LogP contribution in [0.1, 0.15) is 30.2 Å². The number of piperidine rings is 1. The van der Waals surface area contributed by atoms with Gasteiger partial charge in [0.15, 0.2) is 5.82 Å². The van der Waals surface area contributed by atoms with Crippen molar-refractivity contribution in [2.75, 3.05) is 18.0 Å². The van der Waals surface area contributed by atoms with E-state index in [0.29, 0.717) is 6.54 Å². The Kier molecular flexibility index (Phi) is 3.82. The van der Waals surface area contributed by atoms with Crippen LogP contribution in [-0.4, -0.2) is 34.5 Å². The molecule has 5 nitrogen and oxygen atoms in total. The van der Waals surface area contributed by atoms with Gasteiger partial charge in [0.05, 0.1) is 11.8 Å². The van der Waals surface area contributed by atoms with Crippen LogP contribution in [0.15, 0.2) is 0 Å². The van der Waals surface area contributed by atoms with E-state index in [2.05, 4.69) is 22.0 Å². The topological polar surface area (TPSA) is 75.3 Å². The first-order chi connectivity index (χ1) is 8.54. The summed E-state index contributed by atoms with van der Waals surface area (Å²) in [4.78, 5) is 2.19. The van der Waals surface area contributed by atoms with Gasteiger partial charge in [0.25, 0.3) is 0 Å². The van der Waals surface area contributed by atoms with Crippen molar-refractivity contribution in [3.8, 4) is 0 Å². The molecule has 0 radical (unpaired) electrons. The maximum atomic E-state index is 9.78. The molecule has 0 aromatic carbocycles. The summed E-state index contributed by atoms with van der Waals surface area (Å²) in [5.74, 6) is 1.15. The zero-order valence-electron chi connectivity index (χ0n) is 11.3. The molecule has 1 saturated heterocycles. The third kappa shape index (κ3) is 2.33. The first kappa shape index (κ1) is 13.2. The highest BCUT2D eigenvalue weighted by Gasteiger charge is 2.27. The molecule has 2 unspecified atom stereocenters. The minimum Gasteiger partial charge on any atom is -0.393 e. The normalized spacial score (nSPS) is 24.4. The molecule has 3 N–H and O–H groups in total. The van der Waals surface area contributed by atoms with Gasteiger partial charge < -0.3 is 15.7 Å². The number of aryl methyl sites for hydroxylation is 1. The molecule has 2 atom stereocenters. The number of nitrogens with zero attached hydrogens (tertiary/aromatic N) is 3. The third-order valence-corrected chi connectivity index (χ3v) is 3.92. The molecule has 1 aromatic rings. The summed E-state index contributed by atoms with van der Waals surface area (Å²) in [6, 6.07) is 0. The van der Waals surface area contributed by atoms with Gasteiger partial charge in [0.2, 0.25) is 0 Å². The Morgan fingerprint density at radius 3 is 2.72 bits per heavy atom. The van der Waals surface area contributed by atoms with Crippen LogP contribution in [0, 0.1) is 19.8 Å². The Hall–Kier alpha value is -1.20. The van der Waals surface area contributed by atoms with Crippen molar-refractivity contribution >= 4 is 5.82 Å². The second-order valence-corrected chi connectivity index (χ2v) is 5.20. The zero-order valence-corrected chi connectivity index (χ0v) is 11.3. The molecule has 0 saturated carbocycles. The van der Waals surface area contributed by atoms with Crippen LogP contribution < -0.4 is 10.6 Å². The number of anilines is 1. The Bertz CT molecular complexity index is 435. The van der Waals surface area contributed by atoms with Crippen LogP contribution in [0.25, 0.3) is 0 Å². The van der Waals surface area contributed by atoms with E-state index in [1.165, 1.54) is 0 Å². The van der Waals surface area contributed by atoms with Crippen LogP contribution in [0.5, 0.6) is 0 Å². The van der Waals surface area contributed by atoms with E-state index in [9.17, 15) is 5.11 Å². The predicted molar refractivity (Wildman–Crippen MR) is 71.4 cm³/mol. The lowest BCUT2D eigenvalue weighted by molar-refractivity contribution is 0.0968. The van der Waals surface area contributed by atoms with Crippen molar-refractivity contribution in [1.82, 2.24) is 10.2 Å². The highest BCUT2D eigenvalue weighted by atomic mass is 16.3. The van der Waals surface area contributed by atoms with E-state index in [1.807, 2.05) is 13.8 Å². The molecular formula is C13H22N4O. The fourth-order valence-corrected chi connectivity index (χ4v) is 2.47. The van der Waals surface area contributed by atoms with Gasteiger partial charge in [-0.25, -0.2) is 0 Å². The van der Waals surface area contributed by atoms with Crippen molar-refractivity contribution in [3.63, 3.8) is 0 Å². The van der Waals surface area contributed by atoms with Gasteiger partial charge in [0.1, 0.15) is 0 Å². The number of aromatic nitrogens is 2. The van der Waals surface area contributed by atoms with Crippen molar-refractivity contribution in [3.05, 3.63) is 16.8 Å². The summed E-state index contributed by atoms with van der Waals surface area (Å²) < 4.78 is 0. The molecule has 2 heterocycles. The first-order valence-electron chi connectivity index (χ1n) is 6.50. The molecule has 5 heteroatoms. The van der Waals surface area contributed by atoms with Crippen LogP contribution >= 0.6 is 0 Å². The number of nitrogens with two attached hydrogens (primary N) is 1. The van der Waals surface area contributed by atoms with Gasteiger partial charge in [-0.2, -0.15) is 5.10 Å². The molecule has 1 fully saturated rings. The highest BCUT2D eigenvalue weighted by molar-refractivity contribution is 5.51. The van der Waals surface area contributed by atoms with Gasteiger partial charge in [-0.05, 0) is 31.7 Å².